The smallest absolute Gasteiger partial charge is 0.361 e. The molecule has 0 aliphatic rings. The molecule has 2 nitrogen and oxygen atoms in total. The van der Waals surface area contributed by atoms with Crippen molar-refractivity contribution in [1.29, 1.82) is 0 Å². The molecule has 0 spiro atoms. The fraction of sp³-hybridized carbons (Fsp3) is 1.00. The van der Waals surface area contributed by atoms with E-state index in [1.807, 2.05) is 20.8 Å². The minimum Gasteiger partial charge on any atom is -0.361 e. The van der Waals surface area contributed by atoms with Crippen LogP contribution >= 0.6 is 0 Å². The molecule has 0 bridgehead atoms. The van der Waals surface area contributed by atoms with Crippen LogP contribution < -0.4 is 5.32 Å². The molecule has 0 saturated carbocycles. The predicted octanol–water partition coefficient (Wildman–Crippen LogP) is 3.27. The van der Waals surface area contributed by atoms with E-state index in [9.17, 15) is 26.3 Å². The van der Waals surface area contributed by atoms with Gasteiger partial charge in [-0.3, -0.25) is 0 Å². The lowest BCUT2D eigenvalue weighted by Crippen LogP contribution is -2.45. The molecule has 8 heteroatoms. The zero-order valence-corrected chi connectivity index (χ0v) is 10.4. The minimum absolute atomic E-state index is 0.0694. The van der Waals surface area contributed by atoms with E-state index in [1.54, 1.807) is 0 Å². The standard InChI is InChI=1S/C10H17F6NO/c1-8(2,3)17-5-4-6-18-7(9(11,12)13)10(14,15)16/h7,17H,4-6H2,1-3H3. The van der Waals surface area contributed by atoms with E-state index in [0.29, 0.717) is 0 Å². The van der Waals surface area contributed by atoms with E-state index < -0.39 is 25.1 Å². The first-order chi connectivity index (χ1) is 7.84. The van der Waals surface area contributed by atoms with Crippen LogP contribution in [-0.4, -0.2) is 37.1 Å². The van der Waals surface area contributed by atoms with Crippen molar-refractivity contribution in [2.24, 2.45) is 0 Å². The van der Waals surface area contributed by atoms with Gasteiger partial charge in [0.2, 0.25) is 6.10 Å². The summed E-state index contributed by atoms with van der Waals surface area (Å²) in [4.78, 5) is 0. The number of alkyl halides is 6. The molecule has 1 N–H and O–H groups in total. The van der Waals surface area contributed by atoms with Gasteiger partial charge in [-0.05, 0) is 33.7 Å². The second-order valence-corrected chi connectivity index (χ2v) is 4.86. The predicted molar refractivity (Wildman–Crippen MR) is 54.2 cm³/mol. The summed E-state index contributed by atoms with van der Waals surface area (Å²) in [6.45, 7) is 5.19. The van der Waals surface area contributed by atoms with Crippen LogP contribution in [0.25, 0.3) is 0 Å². The van der Waals surface area contributed by atoms with Crippen molar-refractivity contribution in [3.63, 3.8) is 0 Å². The van der Waals surface area contributed by atoms with E-state index in [0.717, 1.165) is 0 Å². The van der Waals surface area contributed by atoms with Gasteiger partial charge in [0.05, 0.1) is 0 Å². The maximum atomic E-state index is 12.1. The Balaban J connectivity index is 4.08. The average molecular weight is 281 g/mol. The molecule has 0 aliphatic carbocycles. The summed E-state index contributed by atoms with van der Waals surface area (Å²) in [6.07, 6.45) is -14.5. The molecular weight excluding hydrogens is 264 g/mol. The average Bonchev–Trinajstić information content (AvgIpc) is 2.04. The molecule has 110 valence electrons. The van der Waals surface area contributed by atoms with Gasteiger partial charge in [0.25, 0.3) is 0 Å². The van der Waals surface area contributed by atoms with Crippen LogP contribution in [-0.2, 0) is 4.74 Å². The van der Waals surface area contributed by atoms with Gasteiger partial charge in [-0.1, -0.05) is 0 Å². The molecule has 0 aromatic rings. The van der Waals surface area contributed by atoms with Gasteiger partial charge in [-0.15, -0.1) is 0 Å². The second-order valence-electron chi connectivity index (χ2n) is 4.86. The Morgan fingerprint density at radius 3 is 1.72 bits per heavy atom. The van der Waals surface area contributed by atoms with Crippen molar-refractivity contribution in [2.45, 2.75) is 51.2 Å². The highest BCUT2D eigenvalue weighted by Gasteiger charge is 2.57. The third-order valence-electron chi connectivity index (χ3n) is 1.86. The highest BCUT2D eigenvalue weighted by Crippen LogP contribution is 2.35. The van der Waals surface area contributed by atoms with Crippen LogP contribution in [0.2, 0.25) is 0 Å². The second kappa shape index (κ2) is 6.10. The Morgan fingerprint density at radius 1 is 0.944 bits per heavy atom. The third-order valence-corrected chi connectivity index (χ3v) is 1.86. The van der Waals surface area contributed by atoms with Crippen LogP contribution in [0.3, 0.4) is 0 Å². The van der Waals surface area contributed by atoms with Gasteiger partial charge in [0.15, 0.2) is 0 Å². The molecule has 18 heavy (non-hydrogen) atoms. The number of halogens is 6. The van der Waals surface area contributed by atoms with Gasteiger partial charge < -0.3 is 10.1 Å². The lowest BCUT2D eigenvalue weighted by Gasteiger charge is -2.24. The van der Waals surface area contributed by atoms with Crippen molar-refractivity contribution in [3.8, 4) is 0 Å². The monoisotopic (exact) mass is 281 g/mol. The summed E-state index contributed by atoms with van der Waals surface area (Å²) in [5, 5.41) is 2.93. The van der Waals surface area contributed by atoms with Gasteiger partial charge >= 0.3 is 12.4 Å². The Morgan fingerprint density at radius 2 is 1.39 bits per heavy atom. The summed E-state index contributed by atoms with van der Waals surface area (Å²) in [6, 6.07) is 0. The summed E-state index contributed by atoms with van der Waals surface area (Å²) in [5.74, 6) is 0. The van der Waals surface area contributed by atoms with Crippen molar-refractivity contribution < 1.29 is 31.1 Å². The van der Waals surface area contributed by atoms with Crippen molar-refractivity contribution in [3.05, 3.63) is 0 Å². The van der Waals surface area contributed by atoms with Gasteiger partial charge in [0.1, 0.15) is 0 Å². The molecule has 0 saturated heterocycles. The van der Waals surface area contributed by atoms with Gasteiger partial charge in [-0.25, -0.2) is 0 Å². The number of hydrogen-bond acceptors (Lipinski definition) is 2. The fourth-order valence-corrected chi connectivity index (χ4v) is 1.11. The van der Waals surface area contributed by atoms with Gasteiger partial charge in [-0.2, -0.15) is 26.3 Å². The largest absolute Gasteiger partial charge is 0.423 e. The molecule has 0 radical (unpaired) electrons. The summed E-state index contributed by atoms with van der Waals surface area (Å²) in [5.41, 5.74) is -0.243. The fourth-order valence-electron chi connectivity index (χ4n) is 1.11. The van der Waals surface area contributed by atoms with E-state index in [4.69, 9.17) is 0 Å². The summed E-state index contributed by atoms with van der Waals surface area (Å²) in [7, 11) is 0. The van der Waals surface area contributed by atoms with E-state index in [2.05, 4.69) is 10.1 Å². The molecule has 0 atom stereocenters. The number of hydrogen-bond donors (Lipinski definition) is 1. The highest BCUT2D eigenvalue weighted by atomic mass is 19.4. The van der Waals surface area contributed by atoms with Crippen LogP contribution in [0.1, 0.15) is 27.2 Å². The van der Waals surface area contributed by atoms with Crippen LogP contribution in [0.4, 0.5) is 26.3 Å². The highest BCUT2D eigenvalue weighted by molar-refractivity contribution is 4.76. The first-order valence-corrected chi connectivity index (χ1v) is 5.34. The van der Waals surface area contributed by atoms with E-state index in [-0.39, 0.29) is 18.5 Å². The molecular formula is C10H17F6NO. The lowest BCUT2D eigenvalue weighted by molar-refractivity contribution is -0.321. The first kappa shape index (κ1) is 17.5. The number of nitrogens with one attached hydrogen (secondary N) is 1. The summed E-state index contributed by atoms with van der Waals surface area (Å²) < 4.78 is 76.2. The van der Waals surface area contributed by atoms with E-state index >= 15 is 0 Å². The SMILES string of the molecule is CC(C)(C)NCCCOC(C(F)(F)F)C(F)(F)F. The molecule has 0 amide bonds. The minimum atomic E-state index is -5.43. The maximum absolute atomic E-state index is 12.1. The number of rotatable bonds is 5. The summed E-state index contributed by atoms with van der Waals surface area (Å²) >= 11 is 0. The molecule has 0 rings (SSSR count). The van der Waals surface area contributed by atoms with Crippen LogP contribution in [0.15, 0.2) is 0 Å². The molecule has 0 heterocycles. The van der Waals surface area contributed by atoms with Crippen LogP contribution in [0.5, 0.6) is 0 Å². The topological polar surface area (TPSA) is 21.3 Å². The first-order valence-electron chi connectivity index (χ1n) is 5.34. The zero-order valence-electron chi connectivity index (χ0n) is 10.4. The maximum Gasteiger partial charge on any atom is 0.423 e. The molecule has 0 aromatic carbocycles. The Hall–Kier alpha value is -0.500. The third kappa shape index (κ3) is 7.75. The molecule has 0 unspecified atom stereocenters. The Bertz CT molecular complexity index is 228. The van der Waals surface area contributed by atoms with Crippen molar-refractivity contribution in [2.75, 3.05) is 13.2 Å². The number of ether oxygens (including phenoxy) is 1. The molecule has 0 fully saturated rings. The van der Waals surface area contributed by atoms with Crippen LogP contribution in [0, 0.1) is 0 Å². The molecule has 0 aliphatic heterocycles. The Labute approximate surface area is 102 Å². The van der Waals surface area contributed by atoms with Crippen molar-refractivity contribution >= 4 is 0 Å². The quantitative estimate of drug-likeness (QED) is 0.617. The zero-order chi connectivity index (χ0) is 14.6. The molecule has 0 aromatic heterocycles. The lowest BCUT2D eigenvalue weighted by atomic mass is 10.1. The normalized spacial score (nSPS) is 14.3. The van der Waals surface area contributed by atoms with Gasteiger partial charge in [0, 0.05) is 12.1 Å². The van der Waals surface area contributed by atoms with E-state index in [1.165, 1.54) is 0 Å². The van der Waals surface area contributed by atoms with Crippen molar-refractivity contribution in [1.82, 2.24) is 5.32 Å². The Kier molecular flexibility index (Phi) is 5.93.